The van der Waals surface area contributed by atoms with Gasteiger partial charge in [0.05, 0.1) is 5.02 Å². The van der Waals surface area contributed by atoms with Crippen molar-refractivity contribution in [1.29, 1.82) is 0 Å². The van der Waals surface area contributed by atoms with E-state index in [4.69, 9.17) is 16.3 Å². The van der Waals surface area contributed by atoms with Crippen LogP contribution in [-0.2, 0) is 0 Å². The van der Waals surface area contributed by atoms with E-state index in [0.29, 0.717) is 29.1 Å². The van der Waals surface area contributed by atoms with Gasteiger partial charge in [-0.2, -0.15) is 0 Å². The van der Waals surface area contributed by atoms with Crippen LogP contribution in [0.2, 0.25) is 5.02 Å². The number of nitrogens with zero attached hydrogens (tertiary/aromatic N) is 2. The number of hydrogen-bond donors (Lipinski definition) is 0. The summed E-state index contributed by atoms with van der Waals surface area (Å²) in [6, 6.07) is 5.08. The van der Waals surface area contributed by atoms with Crippen LogP contribution in [0.15, 0.2) is 18.3 Å². The number of fused-ring (bicyclic) bond motifs is 2. The Morgan fingerprint density at radius 1 is 1.29 bits per heavy atom. The van der Waals surface area contributed by atoms with Gasteiger partial charge in [0.25, 0.3) is 0 Å². The third kappa shape index (κ3) is 2.26. The first-order chi connectivity index (χ1) is 8.22. The van der Waals surface area contributed by atoms with Gasteiger partial charge in [0.2, 0.25) is 5.88 Å². The number of pyridine rings is 1. The Morgan fingerprint density at radius 3 is 2.59 bits per heavy atom. The van der Waals surface area contributed by atoms with Crippen molar-refractivity contribution >= 4 is 11.6 Å². The van der Waals surface area contributed by atoms with Crippen molar-refractivity contribution in [1.82, 2.24) is 9.88 Å². The molecule has 0 saturated carbocycles. The fourth-order valence-corrected chi connectivity index (χ4v) is 3.17. The van der Waals surface area contributed by atoms with Crippen molar-refractivity contribution in [2.45, 2.75) is 43.9 Å². The van der Waals surface area contributed by atoms with Crippen molar-refractivity contribution in [2.24, 2.45) is 0 Å². The average Bonchev–Trinajstić information content (AvgIpc) is 2.55. The van der Waals surface area contributed by atoms with E-state index in [9.17, 15) is 0 Å². The van der Waals surface area contributed by atoms with Crippen LogP contribution in [0, 0.1) is 0 Å². The summed E-state index contributed by atoms with van der Waals surface area (Å²) in [5.74, 6) is 0.698. The monoisotopic (exact) mass is 252 g/mol. The van der Waals surface area contributed by atoms with Gasteiger partial charge in [0.1, 0.15) is 6.10 Å². The maximum absolute atomic E-state index is 5.94. The van der Waals surface area contributed by atoms with E-state index >= 15 is 0 Å². The second kappa shape index (κ2) is 4.46. The lowest BCUT2D eigenvalue weighted by molar-refractivity contribution is 0.0633. The molecule has 0 aliphatic carbocycles. The summed E-state index contributed by atoms with van der Waals surface area (Å²) in [5, 5.41) is 0.654. The van der Waals surface area contributed by atoms with Gasteiger partial charge >= 0.3 is 0 Å². The van der Waals surface area contributed by atoms with Gasteiger partial charge in [-0.25, -0.2) is 4.98 Å². The molecule has 2 bridgehead atoms. The highest BCUT2D eigenvalue weighted by Gasteiger charge is 2.39. The van der Waals surface area contributed by atoms with Crippen molar-refractivity contribution < 1.29 is 4.74 Å². The Morgan fingerprint density at radius 2 is 2.00 bits per heavy atom. The number of hydrogen-bond acceptors (Lipinski definition) is 3. The molecular formula is C13H17ClN2O. The van der Waals surface area contributed by atoms with E-state index in [1.54, 1.807) is 6.20 Å². The Labute approximate surface area is 107 Å². The lowest BCUT2D eigenvalue weighted by atomic mass is 10.0. The Hall–Kier alpha value is -0.800. The van der Waals surface area contributed by atoms with E-state index in [-0.39, 0.29) is 0 Å². The van der Waals surface area contributed by atoms with E-state index in [1.807, 2.05) is 12.1 Å². The highest BCUT2D eigenvalue weighted by atomic mass is 35.5. The molecule has 1 aromatic heterocycles. The largest absolute Gasteiger partial charge is 0.474 e. The molecule has 0 amide bonds. The quantitative estimate of drug-likeness (QED) is 0.809. The van der Waals surface area contributed by atoms with E-state index < -0.39 is 0 Å². The Bertz CT molecular complexity index is 381. The predicted octanol–water partition coefficient (Wildman–Crippen LogP) is 2.74. The van der Waals surface area contributed by atoms with Gasteiger partial charge < -0.3 is 9.64 Å². The third-order valence-electron chi connectivity index (χ3n) is 4.04. The maximum atomic E-state index is 5.94. The summed E-state index contributed by atoms with van der Waals surface area (Å²) >= 11 is 5.81. The number of piperidine rings is 1. The van der Waals surface area contributed by atoms with Crippen LogP contribution in [0.5, 0.6) is 5.88 Å². The first kappa shape index (κ1) is 11.3. The van der Waals surface area contributed by atoms with E-state index in [0.717, 1.165) is 12.8 Å². The van der Waals surface area contributed by atoms with Crippen LogP contribution in [0.3, 0.4) is 0 Å². The first-order valence-corrected chi connectivity index (χ1v) is 6.60. The van der Waals surface area contributed by atoms with Crippen molar-refractivity contribution in [3.63, 3.8) is 0 Å². The predicted molar refractivity (Wildman–Crippen MR) is 67.5 cm³/mol. The molecule has 0 radical (unpaired) electrons. The van der Waals surface area contributed by atoms with Crippen LogP contribution in [0.25, 0.3) is 0 Å². The molecule has 4 heteroatoms. The second-order valence-corrected chi connectivity index (χ2v) is 5.51. The fraction of sp³-hybridized carbons (Fsp3) is 0.615. The average molecular weight is 253 g/mol. The number of aromatic nitrogens is 1. The van der Waals surface area contributed by atoms with Gasteiger partial charge in [-0.05, 0) is 38.8 Å². The second-order valence-electron chi connectivity index (χ2n) is 5.08. The molecule has 3 atom stereocenters. The highest BCUT2D eigenvalue weighted by Crippen LogP contribution is 2.35. The van der Waals surface area contributed by atoms with Crippen LogP contribution in [-0.4, -0.2) is 35.1 Å². The van der Waals surface area contributed by atoms with Gasteiger partial charge in [-0.1, -0.05) is 11.6 Å². The van der Waals surface area contributed by atoms with Crippen molar-refractivity contribution in [3.05, 3.63) is 23.4 Å². The molecule has 2 fully saturated rings. The zero-order valence-electron chi connectivity index (χ0n) is 9.97. The molecular weight excluding hydrogens is 236 g/mol. The molecule has 0 N–H and O–H groups in total. The molecule has 3 heterocycles. The number of ether oxygens (including phenoxy) is 1. The van der Waals surface area contributed by atoms with E-state index in [2.05, 4.69) is 16.9 Å². The van der Waals surface area contributed by atoms with Crippen LogP contribution >= 0.6 is 11.6 Å². The molecule has 3 nitrogen and oxygen atoms in total. The maximum Gasteiger partial charge on any atom is 0.213 e. The third-order valence-corrected chi connectivity index (χ3v) is 4.27. The summed E-state index contributed by atoms with van der Waals surface area (Å²) in [6.45, 7) is 0. The zero-order chi connectivity index (χ0) is 11.8. The lowest BCUT2D eigenvalue weighted by Gasteiger charge is -2.35. The molecule has 0 unspecified atom stereocenters. The van der Waals surface area contributed by atoms with Crippen LogP contribution in [0.4, 0.5) is 0 Å². The first-order valence-electron chi connectivity index (χ1n) is 6.22. The van der Waals surface area contributed by atoms with Crippen molar-refractivity contribution in [2.75, 3.05) is 7.05 Å². The van der Waals surface area contributed by atoms with Crippen LogP contribution in [0.1, 0.15) is 25.7 Å². The normalized spacial score (nSPS) is 32.7. The molecule has 2 aliphatic heterocycles. The molecule has 1 aromatic rings. The molecule has 92 valence electrons. The summed E-state index contributed by atoms with van der Waals surface area (Å²) in [6.07, 6.45) is 6.83. The molecule has 3 rings (SSSR count). The molecule has 0 aromatic carbocycles. The Balaban J connectivity index is 1.65. The SMILES string of the molecule is CN1[C@@H]2CC[C@H]1C[C@H](Oc1ccc(Cl)cn1)C2. The molecule has 2 saturated heterocycles. The summed E-state index contributed by atoms with van der Waals surface area (Å²) < 4.78 is 5.94. The van der Waals surface area contributed by atoms with Gasteiger partial charge in [-0.3, -0.25) is 0 Å². The molecule has 2 aliphatic rings. The van der Waals surface area contributed by atoms with Gasteiger partial charge in [0, 0.05) is 24.3 Å². The number of rotatable bonds is 2. The van der Waals surface area contributed by atoms with Gasteiger partial charge in [0.15, 0.2) is 0 Å². The summed E-state index contributed by atoms with van der Waals surface area (Å²) in [7, 11) is 2.24. The minimum atomic E-state index is 0.317. The van der Waals surface area contributed by atoms with Gasteiger partial charge in [-0.15, -0.1) is 0 Å². The topological polar surface area (TPSA) is 25.4 Å². The van der Waals surface area contributed by atoms with Crippen LogP contribution < -0.4 is 4.74 Å². The highest BCUT2D eigenvalue weighted by molar-refractivity contribution is 6.30. The molecule has 0 spiro atoms. The summed E-state index contributed by atoms with van der Waals surface area (Å²) in [4.78, 5) is 6.70. The fourth-order valence-electron chi connectivity index (χ4n) is 3.06. The Kier molecular flexibility index (Phi) is 2.97. The number of halogens is 1. The smallest absolute Gasteiger partial charge is 0.213 e. The van der Waals surface area contributed by atoms with Crippen molar-refractivity contribution in [3.8, 4) is 5.88 Å². The summed E-state index contributed by atoms with van der Waals surface area (Å²) in [5.41, 5.74) is 0. The van der Waals surface area contributed by atoms with E-state index in [1.165, 1.54) is 12.8 Å². The standard InChI is InChI=1S/C13H17ClN2O/c1-16-10-3-4-11(16)7-12(6-10)17-13-5-2-9(14)8-15-13/h2,5,8,10-12H,3-4,6-7H2,1H3/t10-,11+,12-. The molecule has 17 heavy (non-hydrogen) atoms. The lowest BCUT2D eigenvalue weighted by Crippen LogP contribution is -2.43. The zero-order valence-corrected chi connectivity index (χ0v) is 10.7. The minimum absolute atomic E-state index is 0.317. The minimum Gasteiger partial charge on any atom is -0.474 e.